The van der Waals surface area contributed by atoms with Crippen LogP contribution < -0.4 is 20.5 Å². The van der Waals surface area contributed by atoms with Crippen molar-refractivity contribution >= 4 is 23.6 Å². The Morgan fingerprint density at radius 1 is 0.976 bits per heavy atom. The summed E-state index contributed by atoms with van der Waals surface area (Å²) >= 11 is 1.42. The number of hydrogen-bond acceptors (Lipinski definition) is 9. The third-order valence-corrected chi connectivity index (χ3v) is 8.70. The first-order chi connectivity index (χ1) is 20.3. The lowest BCUT2D eigenvalue weighted by molar-refractivity contribution is -0.114. The summed E-state index contributed by atoms with van der Waals surface area (Å²) in [6, 6.07) is 25.4. The molecule has 0 radical (unpaired) electrons. The van der Waals surface area contributed by atoms with Crippen molar-refractivity contribution in [3.8, 4) is 11.5 Å². The molecule has 0 saturated carbocycles. The van der Waals surface area contributed by atoms with Gasteiger partial charge in [-0.2, -0.15) is 4.98 Å². The smallest absolute Gasteiger partial charge is 0.353 e. The van der Waals surface area contributed by atoms with Gasteiger partial charge in [0, 0.05) is 13.3 Å². The van der Waals surface area contributed by atoms with Crippen molar-refractivity contribution in [2.45, 2.75) is 35.7 Å². The Labute approximate surface area is 247 Å². The van der Waals surface area contributed by atoms with Crippen LogP contribution in [0.4, 0.5) is 5.95 Å². The third-order valence-electron chi connectivity index (χ3n) is 7.17. The van der Waals surface area contributed by atoms with Gasteiger partial charge in [0.05, 0.1) is 37.6 Å². The van der Waals surface area contributed by atoms with Gasteiger partial charge in [-0.05, 0) is 41.0 Å². The van der Waals surface area contributed by atoms with Crippen molar-refractivity contribution in [2.75, 3.05) is 26.1 Å². The number of aromatic nitrogens is 3. The summed E-state index contributed by atoms with van der Waals surface area (Å²) in [5.41, 5.74) is 1.08. The zero-order valence-corrected chi connectivity index (χ0v) is 24.3. The average molecular weight is 589 g/mol. The molecule has 0 aliphatic carbocycles. The molecule has 1 unspecified atom stereocenters. The van der Waals surface area contributed by atoms with Crippen molar-refractivity contribution in [1.29, 1.82) is 0 Å². The number of hydrogen-bond donors (Lipinski definition) is 2. The number of aliphatic hydroxyl groups is 1. The first-order valence-electron chi connectivity index (χ1n) is 13.4. The second-order valence-corrected chi connectivity index (χ2v) is 11.2. The molecule has 42 heavy (non-hydrogen) atoms. The zero-order chi connectivity index (χ0) is 29.7. The van der Waals surface area contributed by atoms with Crippen LogP contribution in [0.25, 0.3) is 0 Å². The number of amides is 1. The summed E-state index contributed by atoms with van der Waals surface area (Å²) < 4.78 is 19.1. The van der Waals surface area contributed by atoms with Gasteiger partial charge in [-0.1, -0.05) is 54.6 Å². The minimum absolute atomic E-state index is 0.0567. The van der Waals surface area contributed by atoms with Crippen LogP contribution in [0.15, 0.2) is 90.0 Å². The molecule has 5 rings (SSSR count). The first-order valence-corrected chi connectivity index (χ1v) is 14.3. The lowest BCUT2D eigenvalue weighted by Gasteiger charge is -2.37. The van der Waals surface area contributed by atoms with Crippen LogP contribution in [0.2, 0.25) is 0 Å². The number of thioether (sulfide) groups is 1. The van der Waals surface area contributed by atoms with Gasteiger partial charge in [0.25, 0.3) is 0 Å². The van der Waals surface area contributed by atoms with E-state index in [4.69, 9.17) is 14.2 Å². The minimum atomic E-state index is -1.03. The fraction of sp³-hybridized carbons (Fsp3) is 0.290. The Hall–Kier alpha value is -4.19. The maximum atomic E-state index is 12.7. The maximum Gasteiger partial charge on any atom is 0.353 e. The molecule has 3 atom stereocenters. The maximum absolute atomic E-state index is 12.7. The molecule has 1 saturated heterocycles. The van der Waals surface area contributed by atoms with E-state index in [9.17, 15) is 14.7 Å². The molecule has 1 fully saturated rings. The number of rotatable bonds is 10. The summed E-state index contributed by atoms with van der Waals surface area (Å²) in [6.07, 6.45) is 0.907. The molecule has 218 valence electrons. The van der Waals surface area contributed by atoms with Crippen LogP contribution in [0.3, 0.4) is 0 Å². The Bertz CT molecular complexity index is 1520. The first kappa shape index (κ1) is 29.3. The Morgan fingerprint density at radius 2 is 1.55 bits per heavy atom. The van der Waals surface area contributed by atoms with Crippen molar-refractivity contribution in [2.24, 2.45) is 0 Å². The monoisotopic (exact) mass is 588 g/mol. The van der Waals surface area contributed by atoms with Crippen LogP contribution in [0, 0.1) is 0 Å². The highest BCUT2D eigenvalue weighted by atomic mass is 32.2. The molecule has 1 aliphatic heterocycles. The number of carbonyl (C=O) groups is 1. The van der Waals surface area contributed by atoms with E-state index in [0.717, 1.165) is 28.2 Å². The molecular weight excluding hydrogens is 556 g/mol. The molecule has 4 aromatic rings. The molecule has 2 heterocycles. The van der Waals surface area contributed by atoms with E-state index < -0.39 is 22.8 Å². The van der Waals surface area contributed by atoms with Gasteiger partial charge >= 0.3 is 5.69 Å². The Morgan fingerprint density at radius 3 is 2.07 bits per heavy atom. The predicted molar refractivity (Wildman–Crippen MR) is 160 cm³/mol. The minimum Gasteiger partial charge on any atom is -0.497 e. The van der Waals surface area contributed by atoms with Crippen molar-refractivity contribution in [3.63, 3.8) is 0 Å². The fourth-order valence-electron chi connectivity index (χ4n) is 5.08. The molecular formula is C31H32N4O6S. The SMILES string of the molecule is COc1ccc(C(OC[C@H]2S[C@@H](n3cnc(NC(C)=O)nc3=O)CC2O)(c2ccccc2)c2ccc(OC)cc2)cc1. The van der Waals surface area contributed by atoms with E-state index in [2.05, 4.69) is 15.3 Å². The highest BCUT2D eigenvalue weighted by Crippen LogP contribution is 2.45. The number of aliphatic hydroxyl groups excluding tert-OH is 1. The highest BCUT2D eigenvalue weighted by molar-refractivity contribution is 8.00. The molecule has 10 nitrogen and oxygen atoms in total. The van der Waals surface area contributed by atoms with Crippen molar-refractivity contribution < 1.29 is 24.1 Å². The topological polar surface area (TPSA) is 125 Å². The number of benzene rings is 3. The second-order valence-electron chi connectivity index (χ2n) is 9.80. The van der Waals surface area contributed by atoms with Crippen molar-refractivity contribution in [1.82, 2.24) is 14.5 Å². The summed E-state index contributed by atoms with van der Waals surface area (Å²) in [5, 5.41) is 12.7. The quantitative estimate of drug-likeness (QED) is 0.265. The Kier molecular flexibility index (Phi) is 8.91. The molecule has 1 aromatic heterocycles. The zero-order valence-electron chi connectivity index (χ0n) is 23.5. The van der Waals surface area contributed by atoms with Gasteiger partial charge in [0.2, 0.25) is 11.9 Å². The van der Waals surface area contributed by atoms with Crippen LogP contribution in [0.5, 0.6) is 11.5 Å². The lowest BCUT2D eigenvalue weighted by Crippen LogP contribution is -2.36. The van der Waals surface area contributed by atoms with E-state index >= 15 is 0 Å². The Balaban J connectivity index is 1.49. The van der Waals surface area contributed by atoms with E-state index in [-0.39, 0.29) is 23.7 Å². The largest absolute Gasteiger partial charge is 0.497 e. The van der Waals surface area contributed by atoms with E-state index in [1.807, 2.05) is 78.9 Å². The molecule has 2 N–H and O–H groups in total. The fourth-order valence-corrected chi connectivity index (χ4v) is 6.50. The molecule has 0 spiro atoms. The summed E-state index contributed by atoms with van der Waals surface area (Å²) in [5.74, 6) is 1.01. The normalized spacial score (nSPS) is 18.4. The third kappa shape index (κ3) is 6.03. The van der Waals surface area contributed by atoms with Crippen LogP contribution in [0.1, 0.15) is 35.4 Å². The van der Waals surface area contributed by atoms with E-state index in [1.54, 1.807) is 14.2 Å². The highest BCUT2D eigenvalue weighted by Gasteiger charge is 2.42. The standard InChI is InChI=1S/C31H32N4O6S/c1-20(36)33-29-32-19-35(30(38)34-29)28-17-26(37)27(42-28)18-41-31(21-7-5-4-6-8-21,22-9-13-24(39-2)14-10-22)23-11-15-25(40-3)16-12-23/h4-16,19,26-28,37H,17-18H2,1-3H3,(H,33,34,36,38)/t26?,27-,28-/m1/s1. The lowest BCUT2D eigenvalue weighted by atomic mass is 9.80. The van der Waals surface area contributed by atoms with Gasteiger partial charge in [-0.25, -0.2) is 9.78 Å². The number of carbonyl (C=O) groups excluding carboxylic acids is 1. The van der Waals surface area contributed by atoms with E-state index in [1.165, 1.54) is 29.6 Å². The molecule has 0 bridgehead atoms. The van der Waals surface area contributed by atoms with Crippen molar-refractivity contribution in [3.05, 3.63) is 112 Å². The number of methoxy groups -OCH3 is 2. The number of nitrogens with one attached hydrogen (secondary N) is 1. The summed E-state index contributed by atoms with van der Waals surface area (Å²) in [4.78, 5) is 32.0. The van der Waals surface area contributed by atoms with Gasteiger partial charge in [-0.15, -0.1) is 11.8 Å². The molecule has 1 aliphatic rings. The molecule has 1 amide bonds. The molecule has 11 heteroatoms. The average Bonchev–Trinajstić information content (AvgIpc) is 3.38. The van der Waals surface area contributed by atoms with E-state index in [0.29, 0.717) is 6.42 Å². The van der Waals surface area contributed by atoms with Gasteiger partial charge in [0.1, 0.15) is 23.4 Å². The van der Waals surface area contributed by atoms with Crippen LogP contribution in [-0.2, 0) is 15.1 Å². The van der Waals surface area contributed by atoms with Gasteiger partial charge in [0.15, 0.2) is 0 Å². The number of ether oxygens (including phenoxy) is 3. The number of nitrogens with zero attached hydrogens (tertiary/aromatic N) is 3. The van der Waals surface area contributed by atoms with Gasteiger partial charge in [-0.3, -0.25) is 14.7 Å². The predicted octanol–water partition coefficient (Wildman–Crippen LogP) is 3.99. The number of anilines is 1. The molecule has 3 aromatic carbocycles. The second kappa shape index (κ2) is 12.8. The van der Waals surface area contributed by atoms with Crippen LogP contribution >= 0.6 is 11.8 Å². The van der Waals surface area contributed by atoms with Crippen LogP contribution in [-0.4, -0.2) is 57.7 Å². The van der Waals surface area contributed by atoms with Gasteiger partial charge < -0.3 is 19.3 Å². The summed E-state index contributed by atoms with van der Waals surface area (Å²) in [7, 11) is 3.25. The summed E-state index contributed by atoms with van der Waals surface area (Å²) in [6.45, 7) is 1.49.